The minimum absolute atomic E-state index is 0.0464. The summed E-state index contributed by atoms with van der Waals surface area (Å²) in [7, 11) is 5.46. The molecular weight excluding hydrogens is 248 g/mol. The molecule has 0 aliphatic carbocycles. The maximum Gasteiger partial charge on any atom is 0.307 e. The number of amides is 1. The van der Waals surface area contributed by atoms with Crippen LogP contribution in [-0.2, 0) is 19.1 Å². The number of ether oxygens (including phenoxy) is 2. The average molecular weight is 274 g/mol. The van der Waals surface area contributed by atoms with E-state index in [1.54, 1.807) is 11.8 Å². The molecule has 0 unspecified atom stereocenters. The van der Waals surface area contributed by atoms with Crippen molar-refractivity contribution in [2.45, 2.75) is 19.8 Å². The lowest BCUT2D eigenvalue weighted by atomic mass is 10.3. The number of nitrogens with zero attached hydrogens (tertiary/aromatic N) is 2. The fourth-order valence-electron chi connectivity index (χ4n) is 1.61. The first-order chi connectivity index (χ1) is 9.01. The van der Waals surface area contributed by atoms with Gasteiger partial charge in [0.05, 0.1) is 13.0 Å². The molecule has 0 aliphatic heterocycles. The Morgan fingerprint density at radius 2 is 1.79 bits per heavy atom. The van der Waals surface area contributed by atoms with Crippen molar-refractivity contribution in [3.05, 3.63) is 0 Å². The van der Waals surface area contributed by atoms with E-state index in [4.69, 9.17) is 9.47 Å². The number of hydrogen-bond acceptors (Lipinski definition) is 5. The van der Waals surface area contributed by atoms with Gasteiger partial charge in [0.25, 0.3) is 0 Å². The van der Waals surface area contributed by atoms with E-state index in [2.05, 4.69) is 4.90 Å². The second-order valence-corrected chi connectivity index (χ2v) is 4.53. The lowest BCUT2D eigenvalue weighted by Gasteiger charge is -2.23. The summed E-state index contributed by atoms with van der Waals surface area (Å²) in [5.74, 6) is -0.365. The molecule has 6 heteroatoms. The highest BCUT2D eigenvalue weighted by Crippen LogP contribution is 1.99. The van der Waals surface area contributed by atoms with E-state index in [0.29, 0.717) is 19.7 Å². The van der Waals surface area contributed by atoms with Gasteiger partial charge in [-0.3, -0.25) is 9.59 Å². The molecule has 6 nitrogen and oxygen atoms in total. The number of methoxy groups -OCH3 is 1. The van der Waals surface area contributed by atoms with Gasteiger partial charge in [-0.2, -0.15) is 0 Å². The van der Waals surface area contributed by atoms with E-state index in [0.717, 1.165) is 13.0 Å². The highest BCUT2D eigenvalue weighted by molar-refractivity contribution is 5.78. The minimum atomic E-state index is -0.273. The molecule has 0 saturated carbocycles. The van der Waals surface area contributed by atoms with E-state index >= 15 is 0 Å². The lowest BCUT2D eigenvalue weighted by molar-refractivity contribution is -0.144. The first kappa shape index (κ1) is 17.9. The van der Waals surface area contributed by atoms with Gasteiger partial charge in [-0.1, -0.05) is 0 Å². The maximum absolute atomic E-state index is 11.8. The fourth-order valence-corrected chi connectivity index (χ4v) is 1.61. The Hall–Kier alpha value is -1.14. The molecule has 0 spiro atoms. The van der Waals surface area contributed by atoms with Crippen molar-refractivity contribution in [3.63, 3.8) is 0 Å². The van der Waals surface area contributed by atoms with Crippen LogP contribution in [0.5, 0.6) is 0 Å². The molecule has 0 aliphatic rings. The van der Waals surface area contributed by atoms with Crippen LogP contribution in [0.15, 0.2) is 0 Å². The first-order valence-electron chi connectivity index (χ1n) is 6.58. The summed E-state index contributed by atoms with van der Waals surface area (Å²) in [5.41, 5.74) is 0. The van der Waals surface area contributed by atoms with Crippen LogP contribution < -0.4 is 0 Å². The van der Waals surface area contributed by atoms with Gasteiger partial charge in [0.2, 0.25) is 5.91 Å². The highest BCUT2D eigenvalue weighted by atomic mass is 16.5. The van der Waals surface area contributed by atoms with Gasteiger partial charge in [-0.15, -0.1) is 0 Å². The summed E-state index contributed by atoms with van der Waals surface area (Å²) in [6.07, 6.45) is 1.09. The Morgan fingerprint density at radius 3 is 2.32 bits per heavy atom. The molecule has 1 amide bonds. The molecule has 0 N–H and O–H groups in total. The number of hydrogen-bond donors (Lipinski definition) is 0. The second-order valence-electron chi connectivity index (χ2n) is 4.53. The van der Waals surface area contributed by atoms with Crippen LogP contribution in [0.4, 0.5) is 0 Å². The third-order valence-corrected chi connectivity index (χ3v) is 2.55. The largest absolute Gasteiger partial charge is 0.466 e. The molecule has 0 rings (SSSR count). The van der Waals surface area contributed by atoms with E-state index in [9.17, 15) is 9.59 Å². The maximum atomic E-state index is 11.8. The smallest absolute Gasteiger partial charge is 0.307 e. The van der Waals surface area contributed by atoms with Crippen molar-refractivity contribution in [1.82, 2.24) is 9.80 Å². The van der Waals surface area contributed by atoms with Crippen molar-refractivity contribution in [3.8, 4) is 0 Å². The predicted octanol–water partition coefficient (Wildman–Crippen LogP) is 0.366. The Kier molecular flexibility index (Phi) is 10.1. The number of rotatable bonds is 10. The van der Waals surface area contributed by atoms with Gasteiger partial charge in [0.1, 0.15) is 6.61 Å². The third kappa shape index (κ3) is 9.44. The van der Waals surface area contributed by atoms with E-state index in [1.807, 2.05) is 14.1 Å². The topological polar surface area (TPSA) is 59.1 Å². The van der Waals surface area contributed by atoms with Crippen LogP contribution in [0.2, 0.25) is 0 Å². The molecule has 0 saturated heterocycles. The molecule has 0 aromatic carbocycles. The molecular formula is C13H26N2O4. The third-order valence-electron chi connectivity index (χ3n) is 2.55. The van der Waals surface area contributed by atoms with Gasteiger partial charge < -0.3 is 19.3 Å². The van der Waals surface area contributed by atoms with E-state index in [1.165, 1.54) is 7.11 Å². The van der Waals surface area contributed by atoms with Gasteiger partial charge in [0.15, 0.2) is 0 Å². The zero-order valence-electron chi connectivity index (χ0n) is 12.5. The van der Waals surface area contributed by atoms with Crippen molar-refractivity contribution < 1.29 is 19.1 Å². The summed E-state index contributed by atoms with van der Waals surface area (Å²) >= 11 is 0. The molecule has 0 bridgehead atoms. The Bertz CT molecular complexity index is 269. The highest BCUT2D eigenvalue weighted by Gasteiger charge is 2.14. The zero-order chi connectivity index (χ0) is 14.7. The SMILES string of the molecule is CCOC(=O)CCN(CCCN(C)C)C(=O)COC. The fraction of sp³-hybridized carbons (Fsp3) is 0.846. The Labute approximate surface area is 115 Å². The van der Waals surface area contributed by atoms with Gasteiger partial charge >= 0.3 is 5.97 Å². The number of carbonyl (C=O) groups is 2. The standard InChI is InChI=1S/C13H26N2O4/c1-5-19-13(17)7-10-15(12(16)11-18-4)9-6-8-14(2)3/h5-11H2,1-4H3. The average Bonchev–Trinajstić information content (AvgIpc) is 2.33. The lowest BCUT2D eigenvalue weighted by Crippen LogP contribution is -2.37. The number of carbonyl (C=O) groups excluding carboxylic acids is 2. The summed E-state index contributed by atoms with van der Waals surface area (Å²) < 4.78 is 9.71. The quantitative estimate of drug-likeness (QED) is 0.539. The molecule has 0 aromatic rings. The molecule has 112 valence electrons. The Balaban J connectivity index is 4.17. The van der Waals surface area contributed by atoms with Crippen LogP contribution in [0.25, 0.3) is 0 Å². The van der Waals surface area contributed by atoms with Gasteiger partial charge in [0, 0.05) is 20.2 Å². The van der Waals surface area contributed by atoms with Crippen molar-refractivity contribution >= 4 is 11.9 Å². The molecule has 0 aromatic heterocycles. The summed E-state index contributed by atoms with van der Waals surface area (Å²) in [5, 5.41) is 0. The normalized spacial score (nSPS) is 10.6. The van der Waals surface area contributed by atoms with E-state index in [-0.39, 0.29) is 24.9 Å². The molecule has 0 atom stereocenters. The van der Waals surface area contributed by atoms with Crippen LogP contribution in [0.3, 0.4) is 0 Å². The summed E-state index contributed by atoms with van der Waals surface area (Å²) in [4.78, 5) is 26.9. The first-order valence-corrected chi connectivity index (χ1v) is 6.58. The predicted molar refractivity (Wildman–Crippen MR) is 72.9 cm³/mol. The molecule has 0 heterocycles. The molecule has 0 fully saturated rings. The minimum Gasteiger partial charge on any atom is -0.466 e. The van der Waals surface area contributed by atoms with Crippen LogP contribution >= 0.6 is 0 Å². The van der Waals surface area contributed by atoms with Crippen molar-refractivity contribution in [2.24, 2.45) is 0 Å². The second kappa shape index (κ2) is 10.8. The summed E-state index contributed by atoms with van der Waals surface area (Å²) in [6, 6.07) is 0. The van der Waals surface area contributed by atoms with Crippen LogP contribution in [0, 0.1) is 0 Å². The van der Waals surface area contributed by atoms with Crippen LogP contribution in [0.1, 0.15) is 19.8 Å². The van der Waals surface area contributed by atoms with Gasteiger partial charge in [-0.25, -0.2) is 0 Å². The van der Waals surface area contributed by atoms with E-state index < -0.39 is 0 Å². The van der Waals surface area contributed by atoms with Crippen molar-refractivity contribution in [1.29, 1.82) is 0 Å². The molecule has 0 radical (unpaired) electrons. The number of esters is 1. The molecule has 19 heavy (non-hydrogen) atoms. The monoisotopic (exact) mass is 274 g/mol. The Morgan fingerprint density at radius 1 is 1.11 bits per heavy atom. The van der Waals surface area contributed by atoms with Crippen molar-refractivity contribution in [2.75, 3.05) is 54.1 Å². The van der Waals surface area contributed by atoms with Gasteiger partial charge in [-0.05, 0) is 34.0 Å². The van der Waals surface area contributed by atoms with Crippen LogP contribution in [-0.4, -0.2) is 75.7 Å². The summed E-state index contributed by atoms with van der Waals surface area (Å²) in [6.45, 7) is 4.09. The zero-order valence-corrected chi connectivity index (χ0v) is 12.5.